The first kappa shape index (κ1) is 15.6. The standard InChI is InChI=1S/C16H14FN3O5/c17-9-3-7-13(12-11(9)18-10(5-21)15(23)19-12)20(6-1-2-6)4-8(14(7)22)16(24)25/h3-4,6,10,18,21H,1-2,5H2,(H,19,23)(H,24,25)/t10-/m0/s1. The highest BCUT2D eigenvalue weighted by atomic mass is 19.1. The van der Waals surface area contributed by atoms with E-state index in [4.69, 9.17) is 0 Å². The smallest absolute Gasteiger partial charge is 0.341 e. The van der Waals surface area contributed by atoms with Crippen LogP contribution in [0.5, 0.6) is 0 Å². The number of hydrogen-bond acceptors (Lipinski definition) is 5. The summed E-state index contributed by atoms with van der Waals surface area (Å²) < 4.78 is 16.1. The fraction of sp³-hybridized carbons (Fsp3) is 0.312. The van der Waals surface area contributed by atoms with Crippen molar-refractivity contribution in [1.82, 2.24) is 4.57 Å². The molecule has 1 fully saturated rings. The lowest BCUT2D eigenvalue weighted by Crippen LogP contribution is -2.42. The molecule has 25 heavy (non-hydrogen) atoms. The minimum atomic E-state index is -1.39. The minimum absolute atomic E-state index is 0.0109. The molecule has 2 heterocycles. The van der Waals surface area contributed by atoms with Gasteiger partial charge in [-0.05, 0) is 18.9 Å². The van der Waals surface area contributed by atoms with Crippen molar-refractivity contribution in [3.63, 3.8) is 0 Å². The van der Waals surface area contributed by atoms with E-state index < -0.39 is 41.3 Å². The summed E-state index contributed by atoms with van der Waals surface area (Å²) in [5, 5.41) is 23.5. The van der Waals surface area contributed by atoms with E-state index in [0.29, 0.717) is 0 Å². The van der Waals surface area contributed by atoms with Crippen LogP contribution in [-0.4, -0.2) is 39.3 Å². The van der Waals surface area contributed by atoms with Gasteiger partial charge in [-0.2, -0.15) is 0 Å². The van der Waals surface area contributed by atoms with Crippen molar-refractivity contribution in [1.29, 1.82) is 0 Å². The average molecular weight is 347 g/mol. The van der Waals surface area contributed by atoms with E-state index >= 15 is 0 Å². The largest absolute Gasteiger partial charge is 0.477 e. The molecule has 0 unspecified atom stereocenters. The zero-order chi connectivity index (χ0) is 17.9. The van der Waals surface area contributed by atoms with Crippen molar-refractivity contribution in [3.05, 3.63) is 33.9 Å². The van der Waals surface area contributed by atoms with Gasteiger partial charge in [0.05, 0.1) is 28.9 Å². The van der Waals surface area contributed by atoms with E-state index in [2.05, 4.69) is 10.6 Å². The highest BCUT2D eigenvalue weighted by Crippen LogP contribution is 2.42. The number of rotatable bonds is 3. The first-order chi connectivity index (χ1) is 11.9. The molecule has 2 aromatic rings. The van der Waals surface area contributed by atoms with Crippen LogP contribution in [0.25, 0.3) is 10.9 Å². The van der Waals surface area contributed by atoms with E-state index in [0.717, 1.165) is 18.9 Å². The number of aliphatic hydroxyl groups excluding tert-OH is 1. The van der Waals surface area contributed by atoms with Gasteiger partial charge in [0.25, 0.3) is 0 Å². The number of carboxylic acid groups (broad SMARTS) is 1. The predicted octanol–water partition coefficient (Wildman–Crippen LogP) is 0.899. The quantitative estimate of drug-likeness (QED) is 0.655. The second-order valence-corrected chi connectivity index (χ2v) is 6.19. The maximum atomic E-state index is 14.5. The van der Waals surface area contributed by atoms with E-state index in [1.165, 1.54) is 6.20 Å². The summed E-state index contributed by atoms with van der Waals surface area (Å²) in [4.78, 5) is 35.9. The molecule has 0 radical (unpaired) electrons. The van der Waals surface area contributed by atoms with Crippen LogP contribution in [-0.2, 0) is 4.79 Å². The fourth-order valence-corrected chi connectivity index (χ4v) is 3.12. The van der Waals surface area contributed by atoms with Gasteiger partial charge < -0.3 is 25.4 Å². The molecule has 4 N–H and O–H groups in total. The van der Waals surface area contributed by atoms with E-state index in [-0.39, 0.29) is 28.3 Å². The summed E-state index contributed by atoms with van der Waals surface area (Å²) in [5.74, 6) is -2.75. The summed E-state index contributed by atoms with van der Waals surface area (Å²) in [7, 11) is 0. The Balaban J connectivity index is 2.09. The van der Waals surface area contributed by atoms with Gasteiger partial charge in [0.2, 0.25) is 11.3 Å². The SMILES string of the molecule is O=C(O)c1cn(C2CC2)c2c3c(c(F)cc2c1=O)N[C@@H](CO)C(=O)N3. The minimum Gasteiger partial charge on any atom is -0.477 e. The van der Waals surface area contributed by atoms with Crippen LogP contribution in [0.3, 0.4) is 0 Å². The predicted molar refractivity (Wildman–Crippen MR) is 86.5 cm³/mol. The molecule has 1 amide bonds. The van der Waals surface area contributed by atoms with Crippen molar-refractivity contribution in [3.8, 4) is 0 Å². The number of aliphatic hydroxyl groups is 1. The summed E-state index contributed by atoms with van der Waals surface area (Å²) in [6.45, 7) is -0.518. The number of carbonyl (C=O) groups is 2. The van der Waals surface area contributed by atoms with Gasteiger partial charge in [0, 0.05) is 12.2 Å². The van der Waals surface area contributed by atoms with Crippen molar-refractivity contribution < 1.29 is 24.2 Å². The highest BCUT2D eigenvalue weighted by Gasteiger charge is 2.33. The number of anilines is 2. The van der Waals surface area contributed by atoms with E-state index in [1.807, 2.05) is 0 Å². The molecule has 1 atom stereocenters. The Bertz CT molecular complexity index is 996. The van der Waals surface area contributed by atoms with Crippen molar-refractivity contribution in [2.75, 3.05) is 17.2 Å². The fourth-order valence-electron chi connectivity index (χ4n) is 3.12. The molecular weight excluding hydrogens is 333 g/mol. The Morgan fingerprint density at radius 2 is 2.04 bits per heavy atom. The molecule has 1 saturated carbocycles. The van der Waals surface area contributed by atoms with Crippen LogP contribution in [0.1, 0.15) is 29.2 Å². The number of pyridine rings is 1. The van der Waals surface area contributed by atoms with E-state index in [1.54, 1.807) is 4.57 Å². The Kier molecular flexibility index (Phi) is 3.29. The number of halogens is 1. The number of amides is 1. The van der Waals surface area contributed by atoms with Crippen molar-refractivity contribution in [2.45, 2.75) is 24.9 Å². The molecule has 0 bridgehead atoms. The molecule has 0 spiro atoms. The Morgan fingerprint density at radius 1 is 1.32 bits per heavy atom. The van der Waals surface area contributed by atoms with Gasteiger partial charge >= 0.3 is 5.97 Å². The number of nitrogens with one attached hydrogen (secondary N) is 2. The number of aromatic carboxylic acids is 1. The second kappa shape index (κ2) is 5.28. The number of hydrogen-bond donors (Lipinski definition) is 4. The Morgan fingerprint density at radius 3 is 2.64 bits per heavy atom. The van der Waals surface area contributed by atoms with Crippen LogP contribution >= 0.6 is 0 Å². The second-order valence-electron chi connectivity index (χ2n) is 6.19. The number of carbonyl (C=O) groups excluding carboxylic acids is 1. The van der Waals surface area contributed by atoms with Crippen LogP contribution in [0, 0.1) is 5.82 Å². The zero-order valence-electron chi connectivity index (χ0n) is 12.9. The van der Waals surface area contributed by atoms with Crippen LogP contribution in [0.15, 0.2) is 17.1 Å². The van der Waals surface area contributed by atoms with Gasteiger partial charge in [0.15, 0.2) is 0 Å². The van der Waals surface area contributed by atoms with E-state index in [9.17, 15) is 29.0 Å². The van der Waals surface area contributed by atoms with Gasteiger partial charge in [-0.3, -0.25) is 9.59 Å². The number of carboxylic acids is 1. The number of aromatic nitrogens is 1. The maximum Gasteiger partial charge on any atom is 0.341 e. The molecule has 4 rings (SSSR count). The normalized spacial score (nSPS) is 19.3. The molecule has 1 aliphatic carbocycles. The van der Waals surface area contributed by atoms with Crippen molar-refractivity contribution in [2.24, 2.45) is 0 Å². The third-order valence-electron chi connectivity index (χ3n) is 4.50. The summed E-state index contributed by atoms with van der Waals surface area (Å²) in [6.07, 6.45) is 2.83. The molecule has 0 saturated heterocycles. The third kappa shape index (κ3) is 2.27. The molecule has 1 aromatic heterocycles. The molecule has 1 aliphatic heterocycles. The van der Waals surface area contributed by atoms with Gasteiger partial charge in [0.1, 0.15) is 17.4 Å². The van der Waals surface area contributed by atoms with Crippen LogP contribution < -0.4 is 16.1 Å². The molecule has 130 valence electrons. The number of fused-ring (bicyclic) bond motifs is 3. The highest BCUT2D eigenvalue weighted by molar-refractivity contribution is 6.11. The topological polar surface area (TPSA) is 121 Å². The van der Waals surface area contributed by atoms with Crippen LogP contribution in [0.4, 0.5) is 15.8 Å². The summed E-state index contributed by atoms with van der Waals surface area (Å²) in [6, 6.07) is -0.0390. The first-order valence-corrected chi connectivity index (χ1v) is 7.75. The van der Waals surface area contributed by atoms with Gasteiger partial charge in [-0.25, -0.2) is 9.18 Å². The van der Waals surface area contributed by atoms with Crippen LogP contribution in [0.2, 0.25) is 0 Å². The third-order valence-corrected chi connectivity index (χ3v) is 4.50. The number of nitrogens with zero attached hydrogens (tertiary/aromatic N) is 1. The lowest BCUT2D eigenvalue weighted by Gasteiger charge is -2.28. The van der Waals surface area contributed by atoms with Gasteiger partial charge in [-0.15, -0.1) is 0 Å². The molecule has 1 aromatic carbocycles. The Labute approximate surface area is 139 Å². The molecule has 9 heteroatoms. The monoisotopic (exact) mass is 347 g/mol. The molecule has 2 aliphatic rings. The summed E-state index contributed by atoms with van der Waals surface area (Å²) in [5.41, 5.74) is -0.901. The maximum absolute atomic E-state index is 14.5. The molecular formula is C16H14FN3O5. The molecule has 8 nitrogen and oxygen atoms in total. The van der Waals surface area contributed by atoms with Crippen molar-refractivity contribution >= 4 is 34.2 Å². The average Bonchev–Trinajstić information content (AvgIpc) is 3.40. The lowest BCUT2D eigenvalue weighted by atomic mass is 10.0. The Hall–Kier alpha value is -2.94. The summed E-state index contributed by atoms with van der Waals surface area (Å²) >= 11 is 0. The van der Waals surface area contributed by atoms with Gasteiger partial charge in [-0.1, -0.05) is 0 Å². The number of benzene rings is 1. The first-order valence-electron chi connectivity index (χ1n) is 7.75. The zero-order valence-corrected chi connectivity index (χ0v) is 12.9. The lowest BCUT2D eigenvalue weighted by molar-refractivity contribution is -0.117.